The number of benzene rings is 1. The van der Waals surface area contributed by atoms with Crippen molar-refractivity contribution < 1.29 is 19.1 Å². The zero-order valence-electron chi connectivity index (χ0n) is 14.7. The van der Waals surface area contributed by atoms with E-state index in [4.69, 9.17) is 26.8 Å². The molecule has 1 unspecified atom stereocenters. The van der Waals surface area contributed by atoms with Gasteiger partial charge in [0.1, 0.15) is 24.5 Å². The highest BCUT2D eigenvalue weighted by atomic mass is 35.5. The highest BCUT2D eigenvalue weighted by molar-refractivity contribution is 6.30. The Balaban J connectivity index is 1.69. The summed E-state index contributed by atoms with van der Waals surface area (Å²) in [6.45, 7) is 1.15. The van der Waals surface area contributed by atoms with Gasteiger partial charge in [-0.3, -0.25) is 14.3 Å². The Morgan fingerprint density at radius 1 is 1.33 bits per heavy atom. The van der Waals surface area contributed by atoms with Crippen molar-refractivity contribution in [3.8, 4) is 5.75 Å². The van der Waals surface area contributed by atoms with Crippen molar-refractivity contribution in [1.82, 2.24) is 14.7 Å². The van der Waals surface area contributed by atoms with E-state index in [1.165, 1.54) is 0 Å². The molecule has 2 N–H and O–H groups in total. The molecule has 1 aliphatic rings. The minimum Gasteiger partial charge on any atom is -0.490 e. The Hall–Kier alpha value is -2.58. The smallest absolute Gasteiger partial charge is 0.244 e. The maximum atomic E-state index is 12.6. The Morgan fingerprint density at radius 2 is 2.11 bits per heavy atom. The molecule has 8 nitrogen and oxygen atoms in total. The van der Waals surface area contributed by atoms with E-state index in [-0.39, 0.29) is 32.0 Å². The number of nitrogens with zero attached hydrogens (tertiary/aromatic N) is 3. The molecule has 1 fully saturated rings. The number of carbonyl (C=O) groups is 2. The van der Waals surface area contributed by atoms with E-state index in [0.29, 0.717) is 23.9 Å². The summed E-state index contributed by atoms with van der Waals surface area (Å²) in [4.78, 5) is 25.9. The molecule has 1 atom stereocenters. The van der Waals surface area contributed by atoms with Gasteiger partial charge in [-0.2, -0.15) is 5.10 Å². The number of primary amides is 1. The van der Waals surface area contributed by atoms with Crippen LogP contribution in [-0.2, 0) is 20.9 Å². The number of amides is 2. The number of aromatic nitrogens is 2. The fraction of sp³-hybridized carbons (Fsp3) is 0.389. The summed E-state index contributed by atoms with van der Waals surface area (Å²) in [5.74, 6) is -0.0368. The van der Waals surface area contributed by atoms with Crippen molar-refractivity contribution in [2.24, 2.45) is 5.73 Å². The van der Waals surface area contributed by atoms with Gasteiger partial charge in [0.05, 0.1) is 19.6 Å². The van der Waals surface area contributed by atoms with Crippen molar-refractivity contribution in [3.63, 3.8) is 0 Å². The van der Waals surface area contributed by atoms with Gasteiger partial charge in [-0.25, -0.2) is 0 Å². The van der Waals surface area contributed by atoms with Crippen LogP contribution >= 0.6 is 11.6 Å². The first-order chi connectivity index (χ1) is 13.0. The lowest BCUT2D eigenvalue weighted by Gasteiger charge is -2.41. The van der Waals surface area contributed by atoms with E-state index < -0.39 is 11.5 Å². The summed E-state index contributed by atoms with van der Waals surface area (Å²) in [6.07, 6.45) is 3.29. The lowest BCUT2D eigenvalue weighted by molar-refractivity contribution is -0.162. The molecule has 27 heavy (non-hydrogen) atoms. The minimum absolute atomic E-state index is 0.0495. The van der Waals surface area contributed by atoms with Crippen LogP contribution in [0.1, 0.15) is 6.42 Å². The number of rotatable bonds is 7. The summed E-state index contributed by atoms with van der Waals surface area (Å²) in [6, 6.07) is 8.62. The number of carbonyl (C=O) groups excluding carboxylic acids is 2. The Kier molecular flexibility index (Phi) is 5.98. The van der Waals surface area contributed by atoms with E-state index in [1.54, 1.807) is 52.3 Å². The number of halogens is 1. The first kappa shape index (κ1) is 19.2. The zero-order chi connectivity index (χ0) is 19.3. The van der Waals surface area contributed by atoms with Crippen LogP contribution in [0.25, 0.3) is 0 Å². The molecule has 2 aromatic rings. The number of hydrogen-bond acceptors (Lipinski definition) is 5. The molecule has 144 valence electrons. The topological polar surface area (TPSA) is 99.7 Å². The lowest BCUT2D eigenvalue weighted by Crippen LogP contribution is -2.58. The molecule has 0 bridgehead atoms. The molecule has 1 aromatic carbocycles. The fourth-order valence-electron chi connectivity index (χ4n) is 3.00. The Bertz CT molecular complexity index is 781. The van der Waals surface area contributed by atoms with Crippen LogP contribution in [0.2, 0.25) is 5.02 Å². The van der Waals surface area contributed by atoms with Gasteiger partial charge in [0.15, 0.2) is 0 Å². The van der Waals surface area contributed by atoms with Gasteiger partial charge in [0.25, 0.3) is 0 Å². The highest BCUT2D eigenvalue weighted by Gasteiger charge is 2.40. The number of ether oxygens (including phenoxy) is 2. The Labute approximate surface area is 161 Å². The molecular formula is C18H21ClN4O4. The van der Waals surface area contributed by atoms with Gasteiger partial charge in [0.2, 0.25) is 11.8 Å². The second kappa shape index (κ2) is 8.41. The summed E-state index contributed by atoms with van der Waals surface area (Å²) in [7, 11) is 0. The molecule has 0 radical (unpaired) electrons. The summed E-state index contributed by atoms with van der Waals surface area (Å²) in [5.41, 5.74) is 4.42. The van der Waals surface area contributed by atoms with Gasteiger partial charge in [-0.15, -0.1) is 0 Å². The van der Waals surface area contributed by atoms with Crippen molar-refractivity contribution >= 4 is 23.4 Å². The Morgan fingerprint density at radius 3 is 2.78 bits per heavy atom. The van der Waals surface area contributed by atoms with Gasteiger partial charge in [-0.1, -0.05) is 11.6 Å². The maximum Gasteiger partial charge on any atom is 0.244 e. The van der Waals surface area contributed by atoms with Crippen LogP contribution < -0.4 is 10.5 Å². The normalized spacial score (nSPS) is 19.7. The molecule has 0 aliphatic carbocycles. The zero-order valence-corrected chi connectivity index (χ0v) is 15.5. The number of morpholine rings is 1. The van der Waals surface area contributed by atoms with Crippen LogP contribution in [0, 0.1) is 0 Å². The number of hydrogen-bond donors (Lipinski definition) is 1. The molecule has 9 heteroatoms. The van der Waals surface area contributed by atoms with E-state index in [2.05, 4.69) is 5.10 Å². The predicted octanol–water partition coefficient (Wildman–Crippen LogP) is 1.09. The molecule has 1 saturated heterocycles. The third-order valence-corrected chi connectivity index (χ3v) is 4.52. The quantitative estimate of drug-likeness (QED) is 0.760. The minimum atomic E-state index is -0.997. The molecule has 2 amide bonds. The number of nitrogens with two attached hydrogens (primary N) is 1. The second-order valence-electron chi connectivity index (χ2n) is 6.44. The first-order valence-corrected chi connectivity index (χ1v) is 8.89. The fourth-order valence-corrected chi connectivity index (χ4v) is 3.12. The van der Waals surface area contributed by atoms with Crippen molar-refractivity contribution in [1.29, 1.82) is 0 Å². The largest absolute Gasteiger partial charge is 0.490 e. The lowest BCUT2D eigenvalue weighted by atomic mass is 9.97. The van der Waals surface area contributed by atoms with Crippen LogP contribution in [0.15, 0.2) is 42.7 Å². The summed E-state index contributed by atoms with van der Waals surface area (Å²) >= 11 is 5.88. The first-order valence-electron chi connectivity index (χ1n) is 8.52. The molecule has 0 spiro atoms. The predicted molar refractivity (Wildman–Crippen MR) is 98.2 cm³/mol. The van der Waals surface area contributed by atoms with Crippen molar-refractivity contribution in [2.45, 2.75) is 18.6 Å². The average molecular weight is 393 g/mol. The van der Waals surface area contributed by atoms with E-state index in [1.807, 2.05) is 0 Å². The molecule has 1 aromatic heterocycles. The SMILES string of the molecule is NC(=O)CC1(COc2ccc(Cl)cc2)CN(C(=O)Cn2cccn2)CCO1. The molecule has 1 aliphatic heterocycles. The van der Waals surface area contributed by atoms with Crippen LogP contribution in [-0.4, -0.2) is 58.4 Å². The molecular weight excluding hydrogens is 372 g/mol. The van der Waals surface area contributed by atoms with Crippen LogP contribution in [0.3, 0.4) is 0 Å². The average Bonchev–Trinajstić information content (AvgIpc) is 3.14. The molecule has 2 heterocycles. The monoisotopic (exact) mass is 392 g/mol. The van der Waals surface area contributed by atoms with E-state index >= 15 is 0 Å². The van der Waals surface area contributed by atoms with Crippen molar-refractivity contribution in [2.75, 3.05) is 26.3 Å². The summed E-state index contributed by atoms with van der Waals surface area (Å²) < 4.78 is 13.2. The van der Waals surface area contributed by atoms with Gasteiger partial charge < -0.3 is 20.1 Å². The standard InChI is InChI=1S/C18H21ClN4O4/c19-14-2-4-15(5-3-14)26-13-18(10-16(20)24)12-22(8-9-27-18)17(25)11-23-7-1-6-21-23/h1-7H,8-13H2,(H2,20,24). The highest BCUT2D eigenvalue weighted by Crippen LogP contribution is 2.25. The second-order valence-corrected chi connectivity index (χ2v) is 6.87. The van der Waals surface area contributed by atoms with Crippen LogP contribution in [0.5, 0.6) is 5.75 Å². The maximum absolute atomic E-state index is 12.6. The summed E-state index contributed by atoms with van der Waals surface area (Å²) in [5, 5.41) is 4.64. The molecule has 0 saturated carbocycles. The van der Waals surface area contributed by atoms with E-state index in [9.17, 15) is 9.59 Å². The third-order valence-electron chi connectivity index (χ3n) is 4.27. The van der Waals surface area contributed by atoms with Crippen LogP contribution in [0.4, 0.5) is 0 Å². The van der Waals surface area contributed by atoms with Gasteiger partial charge in [-0.05, 0) is 30.3 Å². The van der Waals surface area contributed by atoms with Gasteiger partial charge >= 0.3 is 0 Å². The van der Waals surface area contributed by atoms with Crippen molar-refractivity contribution in [3.05, 3.63) is 47.7 Å². The van der Waals surface area contributed by atoms with E-state index in [0.717, 1.165) is 0 Å². The molecule has 3 rings (SSSR count). The van der Waals surface area contributed by atoms with Gasteiger partial charge in [0, 0.05) is 24.0 Å². The third kappa shape index (κ3) is 5.21.